The molecule has 0 heterocycles. The summed E-state index contributed by atoms with van der Waals surface area (Å²) in [6.45, 7) is 1.85. The Hall–Kier alpha value is -2.04. The Bertz CT molecular complexity index is 388. The van der Waals surface area contributed by atoms with Crippen molar-refractivity contribution >= 4 is 23.2 Å². The molecule has 0 atom stereocenters. The molecule has 5 heteroatoms. The smallest absolute Gasteiger partial charge is 0.313 e. The van der Waals surface area contributed by atoms with E-state index < -0.39 is 11.8 Å². The molecular formula is C9H11N3O2. The Morgan fingerprint density at radius 1 is 1.36 bits per heavy atom. The molecule has 0 saturated carbocycles. The zero-order valence-electron chi connectivity index (χ0n) is 7.70. The highest BCUT2D eigenvalue weighted by Crippen LogP contribution is 2.19. The third-order valence-electron chi connectivity index (χ3n) is 1.68. The maximum absolute atomic E-state index is 10.9. The van der Waals surface area contributed by atoms with Crippen molar-refractivity contribution in [1.82, 2.24) is 0 Å². The van der Waals surface area contributed by atoms with Crippen LogP contribution in [-0.2, 0) is 9.59 Å². The van der Waals surface area contributed by atoms with E-state index in [0.29, 0.717) is 11.4 Å². The average Bonchev–Trinajstić information content (AvgIpc) is 2.11. The third kappa shape index (κ3) is 2.22. The fourth-order valence-corrected chi connectivity index (χ4v) is 0.962. The van der Waals surface area contributed by atoms with Crippen molar-refractivity contribution in [3.63, 3.8) is 0 Å². The van der Waals surface area contributed by atoms with Gasteiger partial charge in [0.25, 0.3) is 0 Å². The van der Waals surface area contributed by atoms with Gasteiger partial charge in [-0.05, 0) is 24.6 Å². The first-order chi connectivity index (χ1) is 6.50. The molecule has 0 radical (unpaired) electrons. The molecule has 0 fully saturated rings. The minimum absolute atomic E-state index is 0.394. The van der Waals surface area contributed by atoms with Crippen LogP contribution in [-0.4, -0.2) is 11.8 Å². The molecule has 0 saturated heterocycles. The third-order valence-corrected chi connectivity index (χ3v) is 1.68. The van der Waals surface area contributed by atoms with Crippen LogP contribution in [0.15, 0.2) is 18.2 Å². The predicted molar refractivity (Wildman–Crippen MR) is 53.4 cm³/mol. The number of carbonyl (C=O) groups is 2. The number of nitrogens with two attached hydrogens (primary N) is 2. The lowest BCUT2D eigenvalue weighted by molar-refractivity contribution is -0.134. The van der Waals surface area contributed by atoms with Gasteiger partial charge in [0.2, 0.25) is 0 Å². The highest BCUT2D eigenvalue weighted by atomic mass is 16.2. The standard InChI is InChI=1S/C9H11N3O2/c1-5-2-3-6(10)7(4-5)12-9(14)8(11)13/h2-4H,10H2,1H3,(H2,11,13)(H,12,14). The lowest BCUT2D eigenvalue weighted by atomic mass is 10.2. The van der Waals surface area contributed by atoms with Crippen molar-refractivity contribution < 1.29 is 9.59 Å². The first kappa shape index (κ1) is 10.0. The predicted octanol–water partition coefficient (Wildman–Crippen LogP) is 0.00102. The Morgan fingerprint density at radius 2 is 2.00 bits per heavy atom. The molecular weight excluding hydrogens is 182 g/mol. The fourth-order valence-electron chi connectivity index (χ4n) is 0.962. The lowest BCUT2D eigenvalue weighted by Crippen LogP contribution is -2.29. The Morgan fingerprint density at radius 3 is 2.57 bits per heavy atom. The fraction of sp³-hybridized carbons (Fsp3) is 0.111. The van der Waals surface area contributed by atoms with Gasteiger partial charge in [-0.1, -0.05) is 6.07 Å². The SMILES string of the molecule is Cc1ccc(N)c(NC(=O)C(N)=O)c1. The first-order valence-electron chi connectivity index (χ1n) is 3.97. The number of nitrogen functional groups attached to an aromatic ring is 1. The van der Waals surface area contributed by atoms with Crippen LogP contribution in [0.3, 0.4) is 0 Å². The molecule has 0 aliphatic carbocycles. The summed E-state index contributed by atoms with van der Waals surface area (Å²) in [5, 5.41) is 2.31. The van der Waals surface area contributed by atoms with Gasteiger partial charge in [-0.25, -0.2) is 0 Å². The summed E-state index contributed by atoms with van der Waals surface area (Å²) in [4.78, 5) is 21.4. The molecule has 1 aromatic rings. The maximum Gasteiger partial charge on any atom is 0.313 e. The number of primary amides is 1. The number of carbonyl (C=O) groups excluding carboxylic acids is 2. The summed E-state index contributed by atoms with van der Waals surface area (Å²) in [6, 6.07) is 5.11. The zero-order chi connectivity index (χ0) is 10.7. The Balaban J connectivity index is 2.91. The minimum atomic E-state index is -1.04. The zero-order valence-corrected chi connectivity index (χ0v) is 7.70. The molecule has 5 nitrogen and oxygen atoms in total. The van der Waals surface area contributed by atoms with E-state index in [2.05, 4.69) is 5.32 Å². The van der Waals surface area contributed by atoms with Gasteiger partial charge in [-0.3, -0.25) is 9.59 Å². The second-order valence-corrected chi connectivity index (χ2v) is 2.91. The van der Waals surface area contributed by atoms with Crippen molar-refractivity contribution in [2.75, 3.05) is 11.1 Å². The molecule has 14 heavy (non-hydrogen) atoms. The molecule has 2 amide bonds. The maximum atomic E-state index is 10.9. The van der Waals surface area contributed by atoms with Crippen LogP contribution in [0.25, 0.3) is 0 Å². The van der Waals surface area contributed by atoms with E-state index in [4.69, 9.17) is 11.5 Å². The van der Waals surface area contributed by atoms with Gasteiger partial charge in [0.15, 0.2) is 0 Å². The van der Waals surface area contributed by atoms with Crippen LogP contribution >= 0.6 is 0 Å². The number of aryl methyl sites for hydroxylation is 1. The van der Waals surface area contributed by atoms with Gasteiger partial charge in [0.05, 0.1) is 11.4 Å². The van der Waals surface area contributed by atoms with Crippen LogP contribution in [0, 0.1) is 6.92 Å². The van der Waals surface area contributed by atoms with Crippen molar-refractivity contribution in [3.05, 3.63) is 23.8 Å². The summed E-state index contributed by atoms with van der Waals surface area (Å²) in [5.74, 6) is -1.91. The Labute approximate surface area is 81.1 Å². The average molecular weight is 193 g/mol. The second-order valence-electron chi connectivity index (χ2n) is 2.91. The van der Waals surface area contributed by atoms with Gasteiger partial charge < -0.3 is 16.8 Å². The van der Waals surface area contributed by atoms with E-state index in [1.165, 1.54) is 0 Å². The van der Waals surface area contributed by atoms with Crippen LogP contribution in [0.5, 0.6) is 0 Å². The number of benzene rings is 1. The number of nitrogens with one attached hydrogen (secondary N) is 1. The van der Waals surface area contributed by atoms with Crippen molar-refractivity contribution in [1.29, 1.82) is 0 Å². The molecule has 0 spiro atoms. The number of anilines is 2. The highest BCUT2D eigenvalue weighted by molar-refractivity contribution is 6.39. The highest BCUT2D eigenvalue weighted by Gasteiger charge is 2.10. The molecule has 0 aliphatic heterocycles. The van der Waals surface area contributed by atoms with Crippen molar-refractivity contribution in [2.24, 2.45) is 5.73 Å². The van der Waals surface area contributed by atoms with Crippen molar-refractivity contribution in [3.8, 4) is 0 Å². The number of rotatable bonds is 1. The van der Waals surface area contributed by atoms with Crippen LogP contribution in [0.4, 0.5) is 11.4 Å². The first-order valence-corrected chi connectivity index (χ1v) is 3.97. The quantitative estimate of drug-likeness (QED) is 0.432. The lowest BCUT2D eigenvalue weighted by Gasteiger charge is -2.06. The van der Waals surface area contributed by atoms with E-state index in [1.807, 2.05) is 6.92 Å². The van der Waals surface area contributed by atoms with Crippen LogP contribution < -0.4 is 16.8 Å². The summed E-state index contributed by atoms with van der Waals surface area (Å²) in [6.07, 6.45) is 0. The Kier molecular flexibility index (Phi) is 2.71. The van der Waals surface area contributed by atoms with E-state index >= 15 is 0 Å². The molecule has 0 unspecified atom stereocenters. The molecule has 1 aromatic carbocycles. The minimum Gasteiger partial charge on any atom is -0.397 e. The second kappa shape index (κ2) is 3.78. The van der Waals surface area contributed by atoms with Gasteiger partial charge in [-0.2, -0.15) is 0 Å². The molecule has 5 N–H and O–H groups in total. The van der Waals surface area contributed by atoms with Crippen LogP contribution in [0.2, 0.25) is 0 Å². The van der Waals surface area contributed by atoms with Gasteiger partial charge in [0, 0.05) is 0 Å². The van der Waals surface area contributed by atoms with E-state index in [9.17, 15) is 9.59 Å². The molecule has 74 valence electrons. The summed E-state index contributed by atoms with van der Waals surface area (Å²) < 4.78 is 0. The van der Waals surface area contributed by atoms with E-state index in [-0.39, 0.29) is 0 Å². The van der Waals surface area contributed by atoms with Crippen LogP contribution in [0.1, 0.15) is 5.56 Å². The number of hydrogen-bond donors (Lipinski definition) is 3. The van der Waals surface area contributed by atoms with Crippen molar-refractivity contribution in [2.45, 2.75) is 6.92 Å². The van der Waals surface area contributed by atoms with Gasteiger partial charge in [0.1, 0.15) is 0 Å². The topological polar surface area (TPSA) is 98.2 Å². The molecule has 1 rings (SSSR count). The largest absolute Gasteiger partial charge is 0.397 e. The number of hydrogen-bond acceptors (Lipinski definition) is 3. The molecule has 0 bridgehead atoms. The van der Waals surface area contributed by atoms with Gasteiger partial charge in [-0.15, -0.1) is 0 Å². The number of amides is 2. The molecule has 0 aliphatic rings. The van der Waals surface area contributed by atoms with E-state index in [0.717, 1.165) is 5.56 Å². The summed E-state index contributed by atoms with van der Waals surface area (Å²) in [7, 11) is 0. The summed E-state index contributed by atoms with van der Waals surface area (Å²) >= 11 is 0. The molecule has 0 aromatic heterocycles. The monoisotopic (exact) mass is 193 g/mol. The summed E-state index contributed by atoms with van der Waals surface area (Å²) in [5.41, 5.74) is 12.1. The van der Waals surface area contributed by atoms with Gasteiger partial charge >= 0.3 is 11.8 Å². The normalized spacial score (nSPS) is 9.50. The van der Waals surface area contributed by atoms with E-state index in [1.54, 1.807) is 18.2 Å².